The SMILES string of the molecule is CC(C)Cc1cc2cc3c(cc2s1)sc1c(-c2[c-]c4ccsc4c(C(C)(C)C)c2)ncnc13.CCC(C)(CC)C(=O)/C=C(\O)C(C)(CC)CC.[Ir]. The maximum atomic E-state index is 12.2. The number of carbonyl (C=O) groups is 1. The molecule has 0 unspecified atom stereocenters. The van der Waals surface area contributed by atoms with E-state index in [0.29, 0.717) is 5.92 Å². The number of rotatable bonds is 10. The molecule has 6 rings (SSSR count). The molecule has 4 heterocycles. The van der Waals surface area contributed by atoms with Gasteiger partial charge in [-0.15, -0.1) is 46.3 Å². The van der Waals surface area contributed by atoms with Gasteiger partial charge in [-0.3, -0.25) is 9.78 Å². The topological polar surface area (TPSA) is 63.1 Å². The molecular weight excluding hydrogens is 865 g/mol. The number of allylic oxidation sites excluding steroid dienone is 2. The van der Waals surface area contributed by atoms with Gasteiger partial charge in [0.25, 0.3) is 0 Å². The van der Waals surface area contributed by atoms with Crippen molar-refractivity contribution in [1.29, 1.82) is 0 Å². The molecule has 0 amide bonds. The zero-order chi connectivity index (χ0) is 36.6. The second-order valence-electron chi connectivity index (χ2n) is 15.6. The fraction of sp³-hybridized carbons (Fsp3) is 0.465. The number of aliphatic hydroxyl groups is 1. The largest absolute Gasteiger partial charge is 0.512 e. The Morgan fingerprint density at radius 2 is 1.55 bits per heavy atom. The first-order valence-electron chi connectivity index (χ1n) is 18.1. The Hall–Kier alpha value is -2.48. The van der Waals surface area contributed by atoms with Crippen LogP contribution in [-0.2, 0) is 36.7 Å². The minimum Gasteiger partial charge on any atom is -0.512 e. The van der Waals surface area contributed by atoms with Gasteiger partial charge in [0.1, 0.15) is 12.1 Å². The molecule has 2 aromatic carbocycles. The smallest absolute Gasteiger partial charge is 0.164 e. The molecule has 4 nitrogen and oxygen atoms in total. The van der Waals surface area contributed by atoms with E-state index in [1.807, 2.05) is 52.9 Å². The minimum atomic E-state index is -0.337. The molecule has 0 saturated heterocycles. The van der Waals surface area contributed by atoms with Crippen LogP contribution in [0.25, 0.3) is 51.7 Å². The van der Waals surface area contributed by atoms with Gasteiger partial charge in [-0.1, -0.05) is 87.3 Å². The average molecular weight is 918 g/mol. The number of carbonyl (C=O) groups excluding carboxylic acids is 1. The van der Waals surface area contributed by atoms with E-state index >= 15 is 0 Å². The number of ketones is 1. The zero-order valence-electron chi connectivity index (χ0n) is 32.0. The van der Waals surface area contributed by atoms with Crippen LogP contribution in [0, 0.1) is 22.8 Å². The van der Waals surface area contributed by atoms with E-state index in [2.05, 4.69) is 76.4 Å². The van der Waals surface area contributed by atoms with Gasteiger partial charge in [-0.05, 0) is 77.1 Å². The molecule has 1 N–H and O–H groups in total. The quantitative estimate of drug-likeness (QED) is 0.0845. The van der Waals surface area contributed by atoms with Crippen molar-refractivity contribution < 1.29 is 30.0 Å². The van der Waals surface area contributed by atoms with Gasteiger partial charge in [0.15, 0.2) is 5.78 Å². The summed E-state index contributed by atoms with van der Waals surface area (Å²) in [5.41, 5.74) is 3.91. The van der Waals surface area contributed by atoms with E-state index in [1.54, 1.807) is 29.0 Å². The summed E-state index contributed by atoms with van der Waals surface area (Å²) in [6, 6.07) is 15.2. The van der Waals surface area contributed by atoms with Crippen molar-refractivity contribution in [3.05, 3.63) is 70.4 Å². The van der Waals surface area contributed by atoms with Crippen LogP contribution in [-0.4, -0.2) is 20.9 Å². The Labute approximate surface area is 330 Å². The number of thiophene rings is 3. The number of nitrogens with zero attached hydrogens (tertiary/aromatic N) is 2. The molecule has 0 bridgehead atoms. The minimum absolute atomic E-state index is 0. The summed E-state index contributed by atoms with van der Waals surface area (Å²) in [5.74, 6) is 0.957. The summed E-state index contributed by atoms with van der Waals surface area (Å²) in [6.07, 6.45) is 7.61. The predicted molar refractivity (Wildman–Crippen MR) is 220 cm³/mol. The third-order valence-electron chi connectivity index (χ3n) is 10.7. The van der Waals surface area contributed by atoms with Crippen LogP contribution in [0.5, 0.6) is 0 Å². The van der Waals surface area contributed by atoms with Crippen LogP contribution in [0.15, 0.2) is 53.9 Å². The van der Waals surface area contributed by atoms with Gasteiger partial charge in [0.2, 0.25) is 0 Å². The number of aromatic nitrogens is 2. The fourth-order valence-electron chi connectivity index (χ4n) is 6.24. The van der Waals surface area contributed by atoms with Gasteiger partial charge in [0, 0.05) is 67.1 Å². The average Bonchev–Trinajstić information content (AvgIpc) is 3.81. The molecule has 6 aromatic rings. The summed E-state index contributed by atoms with van der Waals surface area (Å²) in [4.78, 5) is 23.1. The van der Waals surface area contributed by atoms with Gasteiger partial charge in [-0.25, -0.2) is 4.98 Å². The van der Waals surface area contributed by atoms with Gasteiger partial charge >= 0.3 is 0 Å². The van der Waals surface area contributed by atoms with Gasteiger partial charge in [0.05, 0.1) is 5.52 Å². The Morgan fingerprint density at radius 3 is 2.16 bits per heavy atom. The Balaban J connectivity index is 0.000000279. The molecule has 0 aliphatic rings. The maximum absolute atomic E-state index is 12.2. The predicted octanol–water partition coefficient (Wildman–Crippen LogP) is 13.9. The number of hydrogen-bond acceptors (Lipinski definition) is 7. The Morgan fingerprint density at radius 1 is 0.882 bits per heavy atom. The third-order valence-corrected chi connectivity index (χ3v) is 13.9. The Kier molecular flexibility index (Phi) is 13.2. The van der Waals surface area contributed by atoms with E-state index in [-0.39, 0.29) is 47.9 Å². The molecule has 0 saturated carbocycles. The Bertz CT molecular complexity index is 2170. The van der Waals surface area contributed by atoms with Crippen molar-refractivity contribution in [2.75, 3.05) is 0 Å². The maximum Gasteiger partial charge on any atom is 0.164 e. The second-order valence-corrected chi connectivity index (χ2v) is 18.8. The van der Waals surface area contributed by atoms with E-state index in [9.17, 15) is 9.90 Å². The van der Waals surface area contributed by atoms with Crippen molar-refractivity contribution in [3.63, 3.8) is 0 Å². The number of benzene rings is 2. The second kappa shape index (κ2) is 16.3. The molecule has 1 radical (unpaired) electrons. The van der Waals surface area contributed by atoms with Gasteiger partial charge in [-0.2, -0.15) is 11.3 Å². The normalized spacial score (nSPS) is 12.9. The molecule has 0 fully saturated rings. The van der Waals surface area contributed by atoms with Crippen LogP contribution in [0.2, 0.25) is 0 Å². The van der Waals surface area contributed by atoms with Crippen LogP contribution < -0.4 is 0 Å². The van der Waals surface area contributed by atoms with E-state index < -0.39 is 0 Å². The third kappa shape index (κ3) is 8.52. The number of aliphatic hydroxyl groups excluding tert-OH is 1. The van der Waals surface area contributed by atoms with Crippen molar-refractivity contribution in [2.45, 2.75) is 114 Å². The van der Waals surface area contributed by atoms with Crippen LogP contribution in [0.4, 0.5) is 0 Å². The summed E-state index contributed by atoms with van der Waals surface area (Å²) in [5, 5.41) is 16.0. The molecule has 0 aliphatic heterocycles. The zero-order valence-corrected chi connectivity index (χ0v) is 36.9. The first-order chi connectivity index (χ1) is 23.6. The van der Waals surface area contributed by atoms with Crippen molar-refractivity contribution in [2.24, 2.45) is 16.7 Å². The van der Waals surface area contributed by atoms with Crippen LogP contribution in [0.3, 0.4) is 0 Å². The molecule has 275 valence electrons. The molecular formula is C43H53IrN2O2S3-. The standard InChI is InChI=1S/C28H25N2S3.C15H28O2.Ir/c1-15(2)8-19-10-17-11-20-23(13-22(17)32-19)33-27-24(29-14-30-25(20)27)18-9-16-6-7-31-26(16)21(12-18)28(3,4)5;1-7-14(5,8-2)12(16)11-13(17)15(6,9-3)10-4;/h6-7,10-15H,8H2,1-5H3;11,16H,7-10H2,1-6H3;/q-1;;/b;12-11-;. The van der Waals surface area contributed by atoms with Crippen molar-refractivity contribution >= 4 is 80.3 Å². The van der Waals surface area contributed by atoms with Gasteiger partial charge < -0.3 is 5.11 Å². The summed E-state index contributed by atoms with van der Waals surface area (Å²) < 4.78 is 5.12. The monoisotopic (exact) mass is 918 g/mol. The summed E-state index contributed by atoms with van der Waals surface area (Å²) >= 11 is 5.53. The fourth-order valence-corrected chi connectivity index (χ4v) is 9.87. The number of fused-ring (bicyclic) bond motifs is 5. The van der Waals surface area contributed by atoms with E-state index in [4.69, 9.17) is 9.97 Å². The van der Waals surface area contributed by atoms with E-state index in [1.165, 1.54) is 46.8 Å². The molecule has 4 aromatic heterocycles. The molecule has 8 heteroatoms. The summed E-state index contributed by atoms with van der Waals surface area (Å²) in [7, 11) is 0. The first-order valence-corrected chi connectivity index (χ1v) is 20.6. The van der Waals surface area contributed by atoms with E-state index in [0.717, 1.165) is 53.6 Å². The molecule has 51 heavy (non-hydrogen) atoms. The first kappa shape index (κ1) is 41.3. The molecule has 0 spiro atoms. The summed E-state index contributed by atoms with van der Waals surface area (Å²) in [6.45, 7) is 23.5. The van der Waals surface area contributed by atoms with Crippen LogP contribution in [0.1, 0.15) is 112 Å². The molecule has 0 atom stereocenters. The number of hydrogen-bond donors (Lipinski definition) is 1. The van der Waals surface area contributed by atoms with Crippen molar-refractivity contribution in [1.82, 2.24) is 9.97 Å². The molecule has 0 aliphatic carbocycles. The van der Waals surface area contributed by atoms with Crippen molar-refractivity contribution in [3.8, 4) is 11.3 Å². The van der Waals surface area contributed by atoms with Crippen LogP contribution >= 0.6 is 34.0 Å².